The van der Waals surface area contributed by atoms with E-state index in [9.17, 15) is 4.79 Å². The molecule has 1 saturated heterocycles. The standard InChI is InChI=1S/C25H32N2O3/c1-29-22-10-11-23(30-2)20(18-22)19-26-14-16-27(17-15-26)24(28)25(12-6-7-13-25)21-8-4-3-5-9-21/h3-5,8-11,18H,6-7,12-17,19H2,1-2H3. The molecule has 1 amide bonds. The predicted molar refractivity (Wildman–Crippen MR) is 118 cm³/mol. The van der Waals surface area contributed by atoms with E-state index in [4.69, 9.17) is 9.47 Å². The van der Waals surface area contributed by atoms with Crippen molar-refractivity contribution >= 4 is 5.91 Å². The molecular weight excluding hydrogens is 376 g/mol. The Morgan fingerprint density at radius 3 is 2.27 bits per heavy atom. The smallest absolute Gasteiger partial charge is 0.233 e. The third-order valence-corrected chi connectivity index (χ3v) is 6.73. The number of carbonyl (C=O) groups is 1. The van der Waals surface area contributed by atoms with Gasteiger partial charge in [-0.15, -0.1) is 0 Å². The molecule has 0 radical (unpaired) electrons. The summed E-state index contributed by atoms with van der Waals surface area (Å²) in [7, 11) is 3.38. The second-order valence-corrected chi connectivity index (χ2v) is 8.40. The van der Waals surface area contributed by atoms with Crippen LogP contribution in [0.1, 0.15) is 36.8 Å². The first kappa shape index (κ1) is 20.7. The van der Waals surface area contributed by atoms with Crippen LogP contribution >= 0.6 is 0 Å². The minimum absolute atomic E-state index is 0.320. The van der Waals surface area contributed by atoms with Crippen molar-refractivity contribution in [2.24, 2.45) is 0 Å². The molecule has 1 aliphatic heterocycles. The number of piperazine rings is 1. The van der Waals surface area contributed by atoms with Crippen molar-refractivity contribution in [1.82, 2.24) is 9.80 Å². The topological polar surface area (TPSA) is 42.0 Å². The molecule has 1 aliphatic carbocycles. The van der Waals surface area contributed by atoms with Crippen LogP contribution in [-0.2, 0) is 16.8 Å². The Balaban J connectivity index is 1.43. The number of carbonyl (C=O) groups excluding carboxylic acids is 1. The average molecular weight is 409 g/mol. The number of ether oxygens (including phenoxy) is 2. The van der Waals surface area contributed by atoms with Crippen LogP contribution in [0, 0.1) is 0 Å². The maximum Gasteiger partial charge on any atom is 0.233 e. The number of hydrogen-bond donors (Lipinski definition) is 0. The monoisotopic (exact) mass is 408 g/mol. The third kappa shape index (κ3) is 4.04. The fourth-order valence-corrected chi connectivity index (χ4v) is 5.02. The van der Waals surface area contributed by atoms with E-state index in [2.05, 4.69) is 34.1 Å². The van der Waals surface area contributed by atoms with Gasteiger partial charge in [0.05, 0.1) is 19.6 Å². The van der Waals surface area contributed by atoms with Crippen LogP contribution in [0.25, 0.3) is 0 Å². The molecule has 2 aliphatic rings. The maximum absolute atomic E-state index is 13.6. The van der Waals surface area contributed by atoms with Crippen LogP contribution in [0.5, 0.6) is 11.5 Å². The van der Waals surface area contributed by atoms with E-state index in [1.807, 2.05) is 24.3 Å². The van der Waals surface area contributed by atoms with Crippen molar-refractivity contribution in [1.29, 1.82) is 0 Å². The lowest BCUT2D eigenvalue weighted by Gasteiger charge is -2.40. The van der Waals surface area contributed by atoms with Crippen LogP contribution < -0.4 is 9.47 Å². The Morgan fingerprint density at radius 2 is 1.63 bits per heavy atom. The first-order valence-corrected chi connectivity index (χ1v) is 10.9. The van der Waals surface area contributed by atoms with Gasteiger partial charge in [-0.25, -0.2) is 0 Å². The van der Waals surface area contributed by atoms with Crippen molar-refractivity contribution in [3.05, 3.63) is 59.7 Å². The van der Waals surface area contributed by atoms with E-state index in [0.717, 1.165) is 75.5 Å². The van der Waals surface area contributed by atoms with Gasteiger partial charge >= 0.3 is 0 Å². The summed E-state index contributed by atoms with van der Waals surface area (Å²) in [5.41, 5.74) is 1.99. The zero-order valence-corrected chi connectivity index (χ0v) is 18.1. The summed E-state index contributed by atoms with van der Waals surface area (Å²) >= 11 is 0. The molecule has 0 spiro atoms. The Hall–Kier alpha value is -2.53. The molecule has 1 heterocycles. The van der Waals surface area contributed by atoms with Gasteiger partial charge < -0.3 is 14.4 Å². The summed E-state index contributed by atoms with van der Waals surface area (Å²) in [6.45, 7) is 4.10. The molecule has 2 aromatic carbocycles. The Kier molecular flexibility index (Phi) is 6.28. The minimum atomic E-state index is -0.320. The van der Waals surface area contributed by atoms with Gasteiger partial charge in [-0.05, 0) is 36.6 Å². The Labute approximate surface area is 179 Å². The Bertz CT molecular complexity index is 854. The SMILES string of the molecule is COc1ccc(OC)c(CN2CCN(C(=O)C3(c4ccccc4)CCCC3)CC2)c1. The van der Waals surface area contributed by atoms with Crippen molar-refractivity contribution in [3.8, 4) is 11.5 Å². The molecule has 30 heavy (non-hydrogen) atoms. The molecule has 2 fully saturated rings. The number of hydrogen-bond acceptors (Lipinski definition) is 4. The second kappa shape index (κ2) is 9.09. The summed E-state index contributed by atoms with van der Waals surface area (Å²) in [5, 5.41) is 0. The zero-order valence-electron chi connectivity index (χ0n) is 18.1. The number of methoxy groups -OCH3 is 2. The lowest BCUT2D eigenvalue weighted by molar-refractivity contribution is -0.139. The van der Waals surface area contributed by atoms with Gasteiger partial charge in [-0.1, -0.05) is 43.2 Å². The highest BCUT2D eigenvalue weighted by Gasteiger charge is 2.45. The van der Waals surface area contributed by atoms with E-state index < -0.39 is 0 Å². The second-order valence-electron chi connectivity index (χ2n) is 8.40. The zero-order chi connectivity index (χ0) is 21.0. The highest BCUT2D eigenvalue weighted by molar-refractivity contribution is 5.88. The lowest BCUT2D eigenvalue weighted by Crippen LogP contribution is -2.53. The van der Waals surface area contributed by atoms with Crippen LogP contribution in [0.15, 0.2) is 48.5 Å². The van der Waals surface area contributed by atoms with E-state index in [1.165, 1.54) is 5.56 Å². The van der Waals surface area contributed by atoms with E-state index in [1.54, 1.807) is 14.2 Å². The fourth-order valence-electron chi connectivity index (χ4n) is 5.02. The van der Waals surface area contributed by atoms with E-state index >= 15 is 0 Å². The molecular formula is C25H32N2O3. The highest BCUT2D eigenvalue weighted by Crippen LogP contribution is 2.42. The molecule has 0 N–H and O–H groups in total. The molecule has 0 unspecified atom stereocenters. The number of nitrogens with zero attached hydrogens (tertiary/aromatic N) is 2. The first-order valence-electron chi connectivity index (χ1n) is 10.9. The molecule has 0 bridgehead atoms. The molecule has 5 heteroatoms. The summed E-state index contributed by atoms with van der Waals surface area (Å²) in [6, 6.07) is 16.3. The summed E-state index contributed by atoms with van der Waals surface area (Å²) in [4.78, 5) is 18.1. The minimum Gasteiger partial charge on any atom is -0.497 e. The number of rotatable bonds is 6. The van der Waals surface area contributed by atoms with Gasteiger partial charge in [0.2, 0.25) is 5.91 Å². The number of amides is 1. The summed E-state index contributed by atoms with van der Waals surface area (Å²) in [5.74, 6) is 2.04. The van der Waals surface area contributed by atoms with Crippen LogP contribution in [0.4, 0.5) is 0 Å². The van der Waals surface area contributed by atoms with Crippen LogP contribution in [-0.4, -0.2) is 56.1 Å². The summed E-state index contributed by atoms with van der Waals surface area (Å²) < 4.78 is 10.9. The molecule has 0 aromatic heterocycles. The van der Waals surface area contributed by atoms with Crippen molar-refractivity contribution < 1.29 is 14.3 Å². The molecule has 5 nitrogen and oxygen atoms in total. The third-order valence-electron chi connectivity index (χ3n) is 6.73. The van der Waals surface area contributed by atoms with Gasteiger partial charge in [0.1, 0.15) is 11.5 Å². The predicted octanol–water partition coefficient (Wildman–Crippen LogP) is 3.86. The first-order chi connectivity index (χ1) is 14.7. The van der Waals surface area contributed by atoms with Gasteiger partial charge in [0.25, 0.3) is 0 Å². The van der Waals surface area contributed by atoms with Gasteiger partial charge in [-0.2, -0.15) is 0 Å². The van der Waals surface area contributed by atoms with Gasteiger partial charge in [0.15, 0.2) is 0 Å². The molecule has 0 atom stereocenters. The molecule has 160 valence electrons. The quantitative estimate of drug-likeness (QED) is 0.728. The maximum atomic E-state index is 13.6. The Morgan fingerprint density at radius 1 is 0.933 bits per heavy atom. The highest BCUT2D eigenvalue weighted by atomic mass is 16.5. The van der Waals surface area contributed by atoms with Crippen LogP contribution in [0.2, 0.25) is 0 Å². The fraction of sp³-hybridized carbons (Fsp3) is 0.480. The summed E-state index contributed by atoms with van der Waals surface area (Å²) in [6.07, 6.45) is 4.21. The molecule has 2 aromatic rings. The number of benzene rings is 2. The normalized spacial score (nSPS) is 18.9. The van der Waals surface area contributed by atoms with Gasteiger partial charge in [0, 0.05) is 38.3 Å². The van der Waals surface area contributed by atoms with Crippen molar-refractivity contribution in [2.45, 2.75) is 37.6 Å². The molecule has 1 saturated carbocycles. The van der Waals surface area contributed by atoms with E-state index in [0.29, 0.717) is 5.91 Å². The van der Waals surface area contributed by atoms with Crippen molar-refractivity contribution in [2.75, 3.05) is 40.4 Å². The van der Waals surface area contributed by atoms with Crippen molar-refractivity contribution in [3.63, 3.8) is 0 Å². The average Bonchev–Trinajstić information content (AvgIpc) is 3.31. The lowest BCUT2D eigenvalue weighted by atomic mass is 9.77. The molecule has 4 rings (SSSR count). The van der Waals surface area contributed by atoms with Crippen LogP contribution in [0.3, 0.4) is 0 Å². The largest absolute Gasteiger partial charge is 0.497 e. The van der Waals surface area contributed by atoms with Gasteiger partial charge in [-0.3, -0.25) is 9.69 Å². The van der Waals surface area contributed by atoms with E-state index in [-0.39, 0.29) is 5.41 Å².